The molecule has 2 aromatic carbocycles. The van der Waals surface area contributed by atoms with E-state index in [-0.39, 0.29) is 5.75 Å². The smallest absolute Gasteiger partial charge is 0.117 e. The van der Waals surface area contributed by atoms with Gasteiger partial charge in [-0.25, -0.2) is 0 Å². The number of nitriles is 1. The van der Waals surface area contributed by atoms with Crippen molar-refractivity contribution < 1.29 is 5.11 Å². The van der Waals surface area contributed by atoms with E-state index in [0.717, 1.165) is 35.0 Å². The molecule has 3 N–H and O–H groups in total. The van der Waals surface area contributed by atoms with Gasteiger partial charge in [0, 0.05) is 23.2 Å². The SMILES string of the molecule is N#Cc1c(-c2ccc(N)cc2)n(C2CC2)c2cc(O)ccc12. The first-order chi connectivity index (χ1) is 10.7. The highest BCUT2D eigenvalue weighted by Gasteiger charge is 2.30. The third kappa shape index (κ3) is 1.83. The molecule has 4 rings (SSSR count). The van der Waals surface area contributed by atoms with Crippen LogP contribution in [-0.4, -0.2) is 9.67 Å². The number of phenolic OH excluding ortho intramolecular Hbond substituents is 1. The number of nitrogens with two attached hydrogens (primary N) is 1. The number of nitrogens with zero attached hydrogens (tertiary/aromatic N) is 2. The van der Waals surface area contributed by atoms with Crippen molar-refractivity contribution >= 4 is 16.6 Å². The molecule has 0 aliphatic heterocycles. The van der Waals surface area contributed by atoms with Gasteiger partial charge in [-0.15, -0.1) is 0 Å². The second-order valence-electron chi connectivity index (χ2n) is 5.76. The number of hydrogen-bond donors (Lipinski definition) is 2. The van der Waals surface area contributed by atoms with Crippen molar-refractivity contribution in [1.29, 1.82) is 5.26 Å². The number of phenols is 1. The summed E-state index contributed by atoms with van der Waals surface area (Å²) >= 11 is 0. The Bertz CT molecular complexity index is 912. The Morgan fingerprint density at radius 2 is 1.86 bits per heavy atom. The fraction of sp³-hybridized carbons (Fsp3) is 0.167. The van der Waals surface area contributed by atoms with Crippen LogP contribution in [0.3, 0.4) is 0 Å². The average molecular weight is 289 g/mol. The van der Waals surface area contributed by atoms with Crippen LogP contribution in [0.2, 0.25) is 0 Å². The lowest BCUT2D eigenvalue weighted by Gasteiger charge is -2.10. The van der Waals surface area contributed by atoms with Gasteiger partial charge >= 0.3 is 0 Å². The van der Waals surface area contributed by atoms with E-state index >= 15 is 0 Å². The monoisotopic (exact) mass is 289 g/mol. The number of benzene rings is 2. The molecule has 4 nitrogen and oxygen atoms in total. The molecule has 1 aliphatic carbocycles. The molecule has 1 saturated carbocycles. The molecule has 3 aromatic rings. The predicted octanol–water partition coefficient (Wildman–Crippen LogP) is 3.80. The van der Waals surface area contributed by atoms with Crippen LogP contribution < -0.4 is 5.73 Å². The first kappa shape index (κ1) is 12.8. The van der Waals surface area contributed by atoms with Crippen molar-refractivity contribution in [1.82, 2.24) is 4.57 Å². The van der Waals surface area contributed by atoms with Crippen molar-refractivity contribution in [2.75, 3.05) is 5.73 Å². The fourth-order valence-electron chi connectivity index (χ4n) is 3.05. The van der Waals surface area contributed by atoms with Crippen LogP contribution in [0.5, 0.6) is 5.75 Å². The minimum atomic E-state index is 0.222. The molecule has 108 valence electrons. The van der Waals surface area contributed by atoms with Crippen molar-refractivity contribution in [3.05, 3.63) is 48.0 Å². The lowest BCUT2D eigenvalue weighted by atomic mass is 10.1. The van der Waals surface area contributed by atoms with E-state index in [1.54, 1.807) is 12.1 Å². The molecule has 1 aliphatic rings. The molecule has 22 heavy (non-hydrogen) atoms. The molecule has 0 saturated heterocycles. The zero-order valence-corrected chi connectivity index (χ0v) is 12.0. The van der Waals surface area contributed by atoms with Crippen molar-refractivity contribution in [3.8, 4) is 23.1 Å². The maximum absolute atomic E-state index is 9.82. The number of anilines is 1. The number of aromatic hydroxyl groups is 1. The molecular weight excluding hydrogens is 274 g/mol. The lowest BCUT2D eigenvalue weighted by molar-refractivity contribution is 0.476. The van der Waals surface area contributed by atoms with E-state index in [1.807, 2.05) is 30.3 Å². The largest absolute Gasteiger partial charge is 0.508 e. The summed E-state index contributed by atoms with van der Waals surface area (Å²) < 4.78 is 2.19. The molecule has 0 spiro atoms. The summed E-state index contributed by atoms with van der Waals surface area (Å²) in [5.41, 5.74) is 9.96. The number of rotatable bonds is 2. The van der Waals surface area contributed by atoms with E-state index in [2.05, 4.69) is 10.6 Å². The van der Waals surface area contributed by atoms with Gasteiger partial charge in [-0.1, -0.05) is 12.1 Å². The summed E-state index contributed by atoms with van der Waals surface area (Å²) in [6, 6.07) is 15.5. The molecule has 0 unspecified atom stereocenters. The highest BCUT2D eigenvalue weighted by atomic mass is 16.3. The molecular formula is C18H15N3O. The summed E-state index contributed by atoms with van der Waals surface area (Å²) in [6.45, 7) is 0. The van der Waals surface area contributed by atoms with Gasteiger partial charge in [-0.2, -0.15) is 5.26 Å². The number of hydrogen-bond acceptors (Lipinski definition) is 3. The van der Waals surface area contributed by atoms with Crippen molar-refractivity contribution in [3.63, 3.8) is 0 Å². The third-order valence-corrected chi connectivity index (χ3v) is 4.20. The normalized spacial score (nSPS) is 14.1. The van der Waals surface area contributed by atoms with Crippen molar-refractivity contribution in [2.24, 2.45) is 0 Å². The minimum Gasteiger partial charge on any atom is -0.508 e. The van der Waals surface area contributed by atoms with E-state index in [9.17, 15) is 10.4 Å². The quantitative estimate of drug-likeness (QED) is 0.704. The molecule has 1 fully saturated rings. The summed E-state index contributed by atoms with van der Waals surface area (Å²) in [7, 11) is 0. The number of fused-ring (bicyclic) bond motifs is 1. The summed E-state index contributed by atoms with van der Waals surface area (Å²) in [4.78, 5) is 0. The Morgan fingerprint density at radius 3 is 2.50 bits per heavy atom. The summed E-state index contributed by atoms with van der Waals surface area (Å²) in [5.74, 6) is 0.222. The first-order valence-corrected chi connectivity index (χ1v) is 7.32. The zero-order chi connectivity index (χ0) is 15.3. The van der Waals surface area contributed by atoms with Crippen LogP contribution in [0.25, 0.3) is 22.2 Å². The van der Waals surface area contributed by atoms with Crippen LogP contribution in [0.4, 0.5) is 5.69 Å². The summed E-state index contributed by atoms with van der Waals surface area (Å²) in [6.07, 6.45) is 2.21. The minimum absolute atomic E-state index is 0.222. The average Bonchev–Trinajstić information content (AvgIpc) is 3.30. The van der Waals surface area contributed by atoms with Crippen molar-refractivity contribution in [2.45, 2.75) is 18.9 Å². The van der Waals surface area contributed by atoms with Crippen LogP contribution in [-0.2, 0) is 0 Å². The molecule has 0 atom stereocenters. The molecule has 4 heteroatoms. The van der Waals surface area contributed by atoms with Gasteiger partial charge in [0.25, 0.3) is 0 Å². The maximum Gasteiger partial charge on any atom is 0.117 e. The zero-order valence-electron chi connectivity index (χ0n) is 12.0. The standard InChI is InChI=1S/C18H15N3O/c19-10-16-15-8-7-14(22)9-17(15)21(13-5-6-13)18(16)11-1-3-12(20)4-2-11/h1-4,7-9,13,22H,5-6,20H2. The fourth-order valence-corrected chi connectivity index (χ4v) is 3.05. The molecule has 0 bridgehead atoms. The number of aromatic nitrogens is 1. The van der Waals surface area contributed by atoms with E-state index in [1.165, 1.54) is 0 Å². The van der Waals surface area contributed by atoms with Gasteiger partial charge in [-0.05, 0) is 42.7 Å². The van der Waals surface area contributed by atoms with Crippen LogP contribution in [0.1, 0.15) is 24.4 Å². The topological polar surface area (TPSA) is 75.0 Å². The molecule has 0 amide bonds. The maximum atomic E-state index is 9.82. The van der Waals surface area contributed by atoms with Crippen LogP contribution >= 0.6 is 0 Å². The number of nitrogen functional groups attached to an aromatic ring is 1. The van der Waals surface area contributed by atoms with Gasteiger partial charge in [0.05, 0.1) is 16.8 Å². The molecule has 1 heterocycles. The lowest BCUT2D eigenvalue weighted by Crippen LogP contribution is -1.97. The molecule has 1 aromatic heterocycles. The van der Waals surface area contributed by atoms with Gasteiger partial charge in [0.1, 0.15) is 11.8 Å². The Morgan fingerprint density at radius 1 is 1.14 bits per heavy atom. The second kappa shape index (κ2) is 4.54. The Balaban J connectivity index is 2.10. The Hall–Kier alpha value is -2.93. The van der Waals surface area contributed by atoms with Gasteiger partial charge in [0.2, 0.25) is 0 Å². The van der Waals surface area contributed by atoms with E-state index in [0.29, 0.717) is 17.3 Å². The first-order valence-electron chi connectivity index (χ1n) is 7.32. The van der Waals surface area contributed by atoms with Crippen LogP contribution in [0.15, 0.2) is 42.5 Å². The van der Waals surface area contributed by atoms with Gasteiger partial charge < -0.3 is 15.4 Å². The predicted molar refractivity (Wildman–Crippen MR) is 86.4 cm³/mol. The van der Waals surface area contributed by atoms with E-state index < -0.39 is 0 Å². The van der Waals surface area contributed by atoms with E-state index in [4.69, 9.17) is 5.73 Å². The highest BCUT2D eigenvalue weighted by molar-refractivity contribution is 5.95. The Labute approximate surface area is 128 Å². The second-order valence-corrected chi connectivity index (χ2v) is 5.76. The molecule has 0 radical (unpaired) electrons. The highest BCUT2D eigenvalue weighted by Crippen LogP contribution is 2.45. The third-order valence-electron chi connectivity index (χ3n) is 4.20. The van der Waals surface area contributed by atoms with Crippen LogP contribution in [0, 0.1) is 11.3 Å². The summed E-state index contributed by atoms with van der Waals surface area (Å²) in [5, 5.41) is 20.4. The van der Waals surface area contributed by atoms with Gasteiger partial charge in [0.15, 0.2) is 0 Å². The Kier molecular flexibility index (Phi) is 2.64. The van der Waals surface area contributed by atoms with Gasteiger partial charge in [-0.3, -0.25) is 0 Å².